The third-order valence-electron chi connectivity index (χ3n) is 4.05. The van der Waals surface area contributed by atoms with Gasteiger partial charge in [0.2, 0.25) is 0 Å². The highest BCUT2D eigenvalue weighted by Gasteiger charge is 2.12. The summed E-state index contributed by atoms with van der Waals surface area (Å²) in [7, 11) is 0. The second kappa shape index (κ2) is 9.11. The Kier molecular flexibility index (Phi) is 6.14. The topological polar surface area (TPSA) is 130 Å². The van der Waals surface area contributed by atoms with Crippen molar-refractivity contribution >= 4 is 29.1 Å². The summed E-state index contributed by atoms with van der Waals surface area (Å²) in [5.41, 5.74) is 5.68. The molecule has 9 heteroatoms. The number of carbonyl (C=O) groups is 3. The van der Waals surface area contributed by atoms with Crippen LogP contribution >= 0.6 is 0 Å². The predicted octanol–water partition coefficient (Wildman–Crippen LogP) is 2.92. The minimum atomic E-state index is -0.564. The van der Waals surface area contributed by atoms with E-state index in [1.54, 1.807) is 42.5 Å². The first-order valence-corrected chi connectivity index (χ1v) is 8.75. The number of hydrazine groups is 1. The van der Waals surface area contributed by atoms with Crippen LogP contribution in [0, 0.1) is 10.1 Å². The molecule has 0 bridgehead atoms. The molecule has 0 aliphatic carbocycles. The Morgan fingerprint density at radius 3 is 1.87 bits per heavy atom. The Bertz CT molecular complexity index is 1100. The molecule has 3 aromatic rings. The highest BCUT2D eigenvalue weighted by Crippen LogP contribution is 2.15. The Labute approximate surface area is 170 Å². The first kappa shape index (κ1) is 20.2. The van der Waals surface area contributed by atoms with Crippen molar-refractivity contribution in [1.82, 2.24) is 10.9 Å². The molecule has 0 heterocycles. The number of nitrogens with one attached hydrogen (secondary N) is 3. The smallest absolute Gasteiger partial charge is 0.269 e. The van der Waals surface area contributed by atoms with Crippen molar-refractivity contribution in [3.8, 4) is 0 Å². The van der Waals surface area contributed by atoms with Gasteiger partial charge in [-0.1, -0.05) is 24.3 Å². The van der Waals surface area contributed by atoms with Crippen LogP contribution in [0.4, 0.5) is 11.4 Å². The van der Waals surface area contributed by atoms with Crippen LogP contribution in [0.15, 0.2) is 78.9 Å². The number of hydrogen-bond donors (Lipinski definition) is 3. The van der Waals surface area contributed by atoms with Crippen molar-refractivity contribution in [2.75, 3.05) is 5.32 Å². The molecule has 3 amide bonds. The second-order valence-corrected chi connectivity index (χ2v) is 6.11. The zero-order chi connectivity index (χ0) is 21.5. The van der Waals surface area contributed by atoms with Gasteiger partial charge in [-0.05, 0) is 42.5 Å². The Balaban J connectivity index is 1.62. The molecule has 9 nitrogen and oxygen atoms in total. The Hall–Kier alpha value is -4.53. The number of nitro groups is 1. The van der Waals surface area contributed by atoms with Crippen LogP contribution in [-0.2, 0) is 0 Å². The van der Waals surface area contributed by atoms with Crippen molar-refractivity contribution in [2.45, 2.75) is 0 Å². The van der Waals surface area contributed by atoms with E-state index >= 15 is 0 Å². The number of carbonyl (C=O) groups excluding carboxylic acids is 3. The molecule has 0 aliphatic heterocycles. The molecule has 3 N–H and O–H groups in total. The molecule has 3 aromatic carbocycles. The molecule has 0 atom stereocenters. The summed E-state index contributed by atoms with van der Waals surface area (Å²) >= 11 is 0. The van der Waals surface area contributed by atoms with Crippen molar-refractivity contribution in [1.29, 1.82) is 0 Å². The summed E-state index contributed by atoms with van der Waals surface area (Å²) in [6.45, 7) is 0. The van der Waals surface area contributed by atoms with Crippen LogP contribution in [-0.4, -0.2) is 22.6 Å². The number of non-ortho nitro benzene ring substituents is 1. The zero-order valence-electron chi connectivity index (χ0n) is 15.5. The molecule has 0 aromatic heterocycles. The van der Waals surface area contributed by atoms with Gasteiger partial charge in [0, 0.05) is 34.5 Å². The molecule has 0 spiro atoms. The normalized spacial score (nSPS) is 10.0. The lowest BCUT2D eigenvalue weighted by Crippen LogP contribution is -2.41. The molecule has 0 saturated carbocycles. The van der Waals surface area contributed by atoms with Gasteiger partial charge in [0.15, 0.2) is 0 Å². The van der Waals surface area contributed by atoms with Gasteiger partial charge < -0.3 is 5.32 Å². The molecule has 0 unspecified atom stereocenters. The van der Waals surface area contributed by atoms with Crippen LogP contribution in [0.25, 0.3) is 0 Å². The van der Waals surface area contributed by atoms with E-state index in [-0.39, 0.29) is 16.8 Å². The minimum Gasteiger partial charge on any atom is -0.322 e. The second-order valence-electron chi connectivity index (χ2n) is 6.11. The molecule has 0 saturated heterocycles. The fourth-order valence-electron chi connectivity index (χ4n) is 2.52. The number of hydrogen-bond acceptors (Lipinski definition) is 5. The molecule has 0 aliphatic rings. The van der Waals surface area contributed by atoms with Gasteiger partial charge in [0.25, 0.3) is 23.4 Å². The SMILES string of the molecule is O=C(NNC(=O)c1cccc(NC(=O)c2ccc([N+](=O)[O-])cc2)c1)c1ccccc1. The molecular formula is C21H16N4O5. The molecular weight excluding hydrogens is 388 g/mol. The molecule has 0 fully saturated rings. The Morgan fingerprint density at radius 2 is 1.23 bits per heavy atom. The highest BCUT2D eigenvalue weighted by atomic mass is 16.6. The average Bonchev–Trinajstić information content (AvgIpc) is 2.78. The monoisotopic (exact) mass is 404 g/mol. The average molecular weight is 404 g/mol. The summed E-state index contributed by atoms with van der Waals surface area (Å²) in [6, 6.07) is 19.6. The van der Waals surface area contributed by atoms with Crippen LogP contribution in [0.1, 0.15) is 31.1 Å². The van der Waals surface area contributed by atoms with E-state index in [0.717, 1.165) is 0 Å². The van der Waals surface area contributed by atoms with E-state index in [1.165, 1.54) is 36.4 Å². The maximum absolute atomic E-state index is 12.3. The molecule has 30 heavy (non-hydrogen) atoms. The van der Waals surface area contributed by atoms with Crippen molar-refractivity contribution in [2.24, 2.45) is 0 Å². The van der Waals surface area contributed by atoms with E-state index in [2.05, 4.69) is 16.2 Å². The third kappa shape index (κ3) is 5.04. The summed E-state index contributed by atoms with van der Waals surface area (Å²) in [6.07, 6.45) is 0. The number of amides is 3. The lowest BCUT2D eigenvalue weighted by atomic mass is 10.1. The zero-order valence-corrected chi connectivity index (χ0v) is 15.5. The summed E-state index contributed by atoms with van der Waals surface area (Å²) in [5.74, 6) is -1.52. The number of nitro benzene ring substituents is 1. The number of nitrogens with zero attached hydrogens (tertiary/aromatic N) is 1. The van der Waals surface area contributed by atoms with Crippen LogP contribution in [0.3, 0.4) is 0 Å². The van der Waals surface area contributed by atoms with Gasteiger partial charge in [-0.2, -0.15) is 0 Å². The van der Waals surface area contributed by atoms with Crippen molar-refractivity contribution in [3.05, 3.63) is 106 Å². The first-order valence-electron chi connectivity index (χ1n) is 8.75. The lowest BCUT2D eigenvalue weighted by Gasteiger charge is -2.09. The Morgan fingerprint density at radius 1 is 0.667 bits per heavy atom. The number of rotatable bonds is 5. The van der Waals surface area contributed by atoms with Gasteiger partial charge in [-0.25, -0.2) is 0 Å². The minimum absolute atomic E-state index is 0.122. The third-order valence-corrected chi connectivity index (χ3v) is 4.05. The predicted molar refractivity (Wildman–Crippen MR) is 109 cm³/mol. The van der Waals surface area contributed by atoms with Crippen LogP contribution in [0.5, 0.6) is 0 Å². The summed E-state index contributed by atoms with van der Waals surface area (Å²) < 4.78 is 0. The standard InChI is InChI=1S/C21H16N4O5/c26-19(15-9-11-18(12-10-15)25(29)30)22-17-8-4-7-16(13-17)21(28)24-23-20(27)14-5-2-1-3-6-14/h1-13H,(H,22,26)(H,23,27)(H,24,28). The lowest BCUT2D eigenvalue weighted by molar-refractivity contribution is -0.384. The fourth-order valence-corrected chi connectivity index (χ4v) is 2.52. The number of anilines is 1. The van der Waals surface area contributed by atoms with Gasteiger partial charge in [-0.3, -0.25) is 35.3 Å². The van der Waals surface area contributed by atoms with Gasteiger partial charge in [0.05, 0.1) is 4.92 Å². The largest absolute Gasteiger partial charge is 0.322 e. The van der Waals surface area contributed by atoms with E-state index in [9.17, 15) is 24.5 Å². The van der Waals surface area contributed by atoms with E-state index in [4.69, 9.17) is 0 Å². The summed E-state index contributed by atoms with van der Waals surface area (Å²) in [4.78, 5) is 46.7. The summed E-state index contributed by atoms with van der Waals surface area (Å²) in [5, 5.41) is 13.3. The fraction of sp³-hybridized carbons (Fsp3) is 0. The first-order chi connectivity index (χ1) is 14.4. The van der Waals surface area contributed by atoms with E-state index in [1.807, 2.05) is 0 Å². The van der Waals surface area contributed by atoms with Gasteiger partial charge in [0.1, 0.15) is 0 Å². The van der Waals surface area contributed by atoms with Crippen LogP contribution < -0.4 is 16.2 Å². The van der Waals surface area contributed by atoms with Crippen molar-refractivity contribution in [3.63, 3.8) is 0 Å². The highest BCUT2D eigenvalue weighted by molar-refractivity contribution is 6.05. The molecule has 3 rings (SSSR count). The maximum atomic E-state index is 12.3. The van der Waals surface area contributed by atoms with Gasteiger partial charge >= 0.3 is 0 Å². The van der Waals surface area contributed by atoms with E-state index in [0.29, 0.717) is 11.3 Å². The molecule has 0 radical (unpaired) electrons. The van der Waals surface area contributed by atoms with Crippen LogP contribution in [0.2, 0.25) is 0 Å². The molecule has 150 valence electrons. The maximum Gasteiger partial charge on any atom is 0.269 e. The number of benzene rings is 3. The van der Waals surface area contributed by atoms with Crippen molar-refractivity contribution < 1.29 is 19.3 Å². The quantitative estimate of drug-likeness (QED) is 0.445. The van der Waals surface area contributed by atoms with E-state index < -0.39 is 22.6 Å². The van der Waals surface area contributed by atoms with Gasteiger partial charge in [-0.15, -0.1) is 0 Å².